The Bertz CT molecular complexity index is 1030. The molecule has 0 bridgehead atoms. The maximum absolute atomic E-state index is 5.54. The minimum atomic E-state index is 0.575. The van der Waals surface area contributed by atoms with Crippen LogP contribution in [0.2, 0.25) is 0 Å². The van der Waals surface area contributed by atoms with Crippen molar-refractivity contribution in [1.29, 1.82) is 0 Å². The molecule has 0 atom stereocenters. The van der Waals surface area contributed by atoms with Gasteiger partial charge in [0.1, 0.15) is 5.82 Å². The molecule has 6 rings (SSSR count). The van der Waals surface area contributed by atoms with E-state index in [1.807, 2.05) is 12.4 Å². The van der Waals surface area contributed by atoms with E-state index in [1.165, 1.54) is 18.5 Å². The van der Waals surface area contributed by atoms with Crippen molar-refractivity contribution < 1.29 is 9.47 Å². The number of hydrogen-bond acceptors (Lipinski definition) is 7. The lowest BCUT2D eigenvalue weighted by atomic mass is 10.2. The molecule has 3 aliphatic rings. The van der Waals surface area contributed by atoms with Gasteiger partial charge in [0.25, 0.3) is 0 Å². The van der Waals surface area contributed by atoms with Gasteiger partial charge in [0.15, 0.2) is 11.5 Å². The second-order valence-electron chi connectivity index (χ2n) is 8.20. The summed E-state index contributed by atoms with van der Waals surface area (Å²) in [6.07, 6.45) is 8.53. The van der Waals surface area contributed by atoms with Crippen molar-refractivity contribution in [2.24, 2.45) is 0 Å². The van der Waals surface area contributed by atoms with E-state index in [-0.39, 0.29) is 0 Å². The van der Waals surface area contributed by atoms with Crippen molar-refractivity contribution in [3.8, 4) is 11.3 Å². The van der Waals surface area contributed by atoms with Crippen molar-refractivity contribution in [1.82, 2.24) is 19.4 Å². The molecular weight excluding hydrogens is 380 g/mol. The molecule has 2 saturated heterocycles. The Labute approximate surface area is 175 Å². The molecule has 1 saturated carbocycles. The van der Waals surface area contributed by atoms with Crippen LogP contribution in [-0.4, -0.2) is 72.0 Å². The Morgan fingerprint density at radius 3 is 2.23 bits per heavy atom. The predicted octanol–water partition coefficient (Wildman–Crippen LogP) is 2.34. The Hall–Kier alpha value is -2.71. The fraction of sp³-hybridized carbons (Fsp3) is 0.500. The van der Waals surface area contributed by atoms with Crippen LogP contribution in [0, 0.1) is 0 Å². The summed E-state index contributed by atoms with van der Waals surface area (Å²) in [4.78, 5) is 19.1. The maximum Gasteiger partial charge on any atom is 0.180 e. The number of nitrogens with zero attached hydrogens (tertiary/aromatic N) is 6. The highest BCUT2D eigenvalue weighted by molar-refractivity contribution is 5.72. The molecule has 0 radical (unpaired) electrons. The van der Waals surface area contributed by atoms with Gasteiger partial charge in [-0.2, -0.15) is 0 Å². The average Bonchev–Trinajstić information content (AvgIpc) is 3.59. The molecule has 2 aliphatic heterocycles. The van der Waals surface area contributed by atoms with Gasteiger partial charge in [-0.1, -0.05) is 0 Å². The Balaban J connectivity index is 1.39. The number of anilines is 2. The number of hydrogen-bond donors (Lipinski definition) is 0. The highest BCUT2D eigenvalue weighted by Gasteiger charge is 2.28. The van der Waals surface area contributed by atoms with Gasteiger partial charge in [-0.3, -0.25) is 4.40 Å². The van der Waals surface area contributed by atoms with Gasteiger partial charge >= 0.3 is 0 Å². The molecule has 0 spiro atoms. The van der Waals surface area contributed by atoms with Crippen LogP contribution in [0.4, 0.5) is 11.6 Å². The minimum absolute atomic E-state index is 0.575. The number of fused-ring (bicyclic) bond motifs is 1. The molecule has 3 aromatic heterocycles. The van der Waals surface area contributed by atoms with Crippen LogP contribution >= 0.6 is 0 Å². The lowest BCUT2D eigenvalue weighted by molar-refractivity contribution is 0.122. The lowest BCUT2D eigenvalue weighted by Gasteiger charge is -2.28. The monoisotopic (exact) mass is 406 g/mol. The van der Waals surface area contributed by atoms with Gasteiger partial charge in [-0.15, -0.1) is 0 Å². The van der Waals surface area contributed by atoms with Crippen LogP contribution in [0.1, 0.15) is 24.5 Å². The summed E-state index contributed by atoms with van der Waals surface area (Å²) in [6, 6.07) is 4.25. The Morgan fingerprint density at radius 2 is 1.57 bits per heavy atom. The summed E-state index contributed by atoms with van der Waals surface area (Å²) < 4.78 is 13.2. The Kier molecular flexibility index (Phi) is 4.53. The fourth-order valence-corrected chi connectivity index (χ4v) is 4.28. The normalized spacial score (nSPS) is 20.1. The zero-order valence-corrected chi connectivity index (χ0v) is 17.0. The molecule has 8 nitrogen and oxygen atoms in total. The fourth-order valence-electron chi connectivity index (χ4n) is 4.28. The highest BCUT2D eigenvalue weighted by atomic mass is 16.5. The number of imidazole rings is 1. The van der Waals surface area contributed by atoms with E-state index in [4.69, 9.17) is 24.4 Å². The SMILES string of the molecule is c1cc(N2CCOCC2)ncc1-c1cnc2c(N3CCOCC3)nc(C3CC3)cn12. The van der Waals surface area contributed by atoms with E-state index < -0.39 is 0 Å². The van der Waals surface area contributed by atoms with Gasteiger partial charge in [0.2, 0.25) is 0 Å². The first-order valence-corrected chi connectivity index (χ1v) is 10.9. The number of pyridine rings is 1. The molecule has 3 fully saturated rings. The lowest BCUT2D eigenvalue weighted by Crippen LogP contribution is -2.37. The molecule has 156 valence electrons. The number of ether oxygens (including phenoxy) is 2. The molecule has 30 heavy (non-hydrogen) atoms. The first-order valence-electron chi connectivity index (χ1n) is 10.9. The van der Waals surface area contributed by atoms with E-state index in [0.29, 0.717) is 5.92 Å². The summed E-state index contributed by atoms with van der Waals surface area (Å²) in [5, 5.41) is 0. The molecular formula is C22H26N6O2. The van der Waals surface area contributed by atoms with E-state index in [2.05, 4.69) is 32.5 Å². The summed E-state index contributed by atoms with van der Waals surface area (Å²) >= 11 is 0. The van der Waals surface area contributed by atoms with Crippen LogP contribution in [0.25, 0.3) is 16.9 Å². The highest BCUT2D eigenvalue weighted by Crippen LogP contribution is 2.40. The van der Waals surface area contributed by atoms with Gasteiger partial charge < -0.3 is 19.3 Å². The predicted molar refractivity (Wildman–Crippen MR) is 114 cm³/mol. The van der Waals surface area contributed by atoms with Gasteiger partial charge in [-0.25, -0.2) is 15.0 Å². The standard InChI is InChI=1S/C22H26N6O2/c1-2-16(1)18-15-28-19(14-24-21(28)22(25-18)27-7-11-30-12-8-27)17-3-4-20(23-13-17)26-5-9-29-10-6-26/h3-4,13-16H,1-2,5-12H2. The smallest absolute Gasteiger partial charge is 0.180 e. The van der Waals surface area contributed by atoms with E-state index in [0.717, 1.165) is 81.1 Å². The van der Waals surface area contributed by atoms with Crippen LogP contribution < -0.4 is 9.80 Å². The van der Waals surface area contributed by atoms with Crippen LogP contribution in [0.15, 0.2) is 30.7 Å². The van der Waals surface area contributed by atoms with Crippen LogP contribution in [0.3, 0.4) is 0 Å². The van der Waals surface area contributed by atoms with Gasteiger partial charge in [0, 0.05) is 50.1 Å². The molecule has 0 aromatic carbocycles. The topological polar surface area (TPSA) is 68.0 Å². The maximum atomic E-state index is 5.54. The first-order chi connectivity index (χ1) is 14.9. The second kappa shape index (κ2) is 7.52. The largest absolute Gasteiger partial charge is 0.378 e. The minimum Gasteiger partial charge on any atom is -0.378 e. The van der Waals surface area contributed by atoms with E-state index in [9.17, 15) is 0 Å². The van der Waals surface area contributed by atoms with Crippen molar-refractivity contribution in [2.75, 3.05) is 62.4 Å². The number of morpholine rings is 2. The zero-order valence-electron chi connectivity index (χ0n) is 17.0. The summed E-state index contributed by atoms with van der Waals surface area (Å²) in [7, 11) is 0. The third-order valence-corrected chi connectivity index (χ3v) is 6.18. The molecule has 5 heterocycles. The number of aromatic nitrogens is 4. The second-order valence-corrected chi connectivity index (χ2v) is 8.20. The summed E-state index contributed by atoms with van der Waals surface area (Å²) in [5.41, 5.74) is 4.21. The third kappa shape index (κ3) is 3.30. The molecule has 8 heteroatoms. The molecule has 1 aliphatic carbocycles. The van der Waals surface area contributed by atoms with Crippen molar-refractivity contribution in [3.63, 3.8) is 0 Å². The van der Waals surface area contributed by atoms with E-state index in [1.54, 1.807) is 0 Å². The third-order valence-electron chi connectivity index (χ3n) is 6.18. The van der Waals surface area contributed by atoms with Gasteiger partial charge in [0.05, 0.1) is 44.0 Å². The first kappa shape index (κ1) is 18.1. The van der Waals surface area contributed by atoms with Crippen molar-refractivity contribution >= 4 is 17.3 Å². The molecule has 0 amide bonds. The van der Waals surface area contributed by atoms with Gasteiger partial charge in [-0.05, 0) is 25.0 Å². The number of rotatable bonds is 4. The van der Waals surface area contributed by atoms with Crippen LogP contribution in [-0.2, 0) is 9.47 Å². The van der Waals surface area contributed by atoms with E-state index >= 15 is 0 Å². The average molecular weight is 406 g/mol. The van der Waals surface area contributed by atoms with Crippen molar-refractivity contribution in [2.45, 2.75) is 18.8 Å². The molecule has 3 aromatic rings. The molecule has 0 N–H and O–H groups in total. The summed E-state index contributed by atoms with van der Waals surface area (Å²) in [5.74, 6) is 2.56. The van der Waals surface area contributed by atoms with Crippen LogP contribution in [0.5, 0.6) is 0 Å². The van der Waals surface area contributed by atoms with Crippen molar-refractivity contribution in [3.05, 3.63) is 36.4 Å². The zero-order chi connectivity index (χ0) is 19.9. The quantitative estimate of drug-likeness (QED) is 0.659. The summed E-state index contributed by atoms with van der Waals surface area (Å²) in [6.45, 7) is 6.49. The molecule has 0 unspecified atom stereocenters. The Morgan fingerprint density at radius 1 is 0.833 bits per heavy atom.